The molecule has 1 heterocycles. The molecule has 1 aliphatic carbocycles. The fraction of sp³-hybridized carbons (Fsp3) is 0.389. The predicted molar refractivity (Wildman–Crippen MR) is 108 cm³/mol. The van der Waals surface area contributed by atoms with Crippen LogP contribution >= 0.6 is 18.9 Å². The van der Waals surface area contributed by atoms with Crippen LogP contribution < -0.4 is 15.8 Å². The summed E-state index contributed by atoms with van der Waals surface area (Å²) in [6.45, 7) is 3.66. The van der Waals surface area contributed by atoms with Gasteiger partial charge in [-0.2, -0.15) is 0 Å². The molecule has 0 aliphatic heterocycles. The molecule has 3 rings (SSSR count). The quantitative estimate of drug-likeness (QED) is 0.464. The summed E-state index contributed by atoms with van der Waals surface area (Å²) < 4.78 is 29.1. The van der Waals surface area contributed by atoms with E-state index >= 15 is 0 Å². The molecule has 1 aromatic heterocycles. The summed E-state index contributed by atoms with van der Waals surface area (Å²) in [6, 6.07) is 3.22. The second kappa shape index (κ2) is 9.04. The molecule has 1 aliphatic rings. The van der Waals surface area contributed by atoms with E-state index in [1.807, 2.05) is 0 Å². The first kappa shape index (κ1) is 21.4. The minimum Gasteiger partial charge on any atom is -0.480 e. The summed E-state index contributed by atoms with van der Waals surface area (Å²) in [5, 5.41) is 2.50. The van der Waals surface area contributed by atoms with Crippen LogP contribution in [0.15, 0.2) is 17.6 Å². The van der Waals surface area contributed by atoms with Gasteiger partial charge in [-0.15, -0.1) is 11.3 Å². The number of nitrogens with zero attached hydrogens (tertiary/aromatic N) is 1. The minimum atomic E-state index is -3.40. The molecule has 156 valence electrons. The molecule has 0 atom stereocenters. The van der Waals surface area contributed by atoms with Crippen LogP contribution in [0.5, 0.6) is 5.75 Å². The number of benzene rings is 1. The number of primary amides is 1. The van der Waals surface area contributed by atoms with E-state index in [-0.39, 0.29) is 26.1 Å². The highest BCUT2D eigenvalue weighted by Gasteiger charge is 2.31. The van der Waals surface area contributed by atoms with Crippen molar-refractivity contribution in [3.05, 3.63) is 33.6 Å². The van der Waals surface area contributed by atoms with Crippen LogP contribution in [0.25, 0.3) is 11.3 Å². The van der Waals surface area contributed by atoms with Crippen LogP contribution in [-0.4, -0.2) is 42.9 Å². The van der Waals surface area contributed by atoms with Crippen molar-refractivity contribution in [2.24, 2.45) is 5.73 Å². The maximum Gasteiger partial charge on any atom is 0.367 e. The van der Waals surface area contributed by atoms with Crippen molar-refractivity contribution in [3.8, 4) is 17.0 Å². The zero-order chi connectivity index (χ0) is 21.0. The highest BCUT2D eigenvalue weighted by Crippen LogP contribution is 2.50. The first-order valence-electron chi connectivity index (χ1n) is 9.04. The van der Waals surface area contributed by atoms with Gasteiger partial charge in [-0.3, -0.25) is 14.2 Å². The van der Waals surface area contributed by atoms with E-state index in [9.17, 15) is 14.2 Å². The van der Waals surface area contributed by atoms with Crippen LogP contribution in [-0.2, 0) is 24.8 Å². The fourth-order valence-corrected chi connectivity index (χ4v) is 5.17. The maximum atomic E-state index is 12.7. The zero-order valence-corrected chi connectivity index (χ0v) is 17.8. The van der Waals surface area contributed by atoms with Gasteiger partial charge in [0.15, 0.2) is 6.35 Å². The molecular weight excluding hydrogens is 417 g/mol. The molecule has 0 saturated heterocycles. The number of hydrogen-bond donors (Lipinski definition) is 2. The Hall–Kier alpha value is -2.26. The van der Waals surface area contributed by atoms with Crippen molar-refractivity contribution in [3.63, 3.8) is 0 Å². The van der Waals surface area contributed by atoms with Crippen LogP contribution in [0.3, 0.4) is 0 Å². The van der Waals surface area contributed by atoms with Gasteiger partial charge in [-0.1, -0.05) is 0 Å². The molecule has 0 spiro atoms. The number of amides is 2. The number of hydrogen-bond acceptors (Lipinski definition) is 8. The molecule has 9 nitrogen and oxygen atoms in total. The third kappa shape index (κ3) is 4.67. The Morgan fingerprint density at radius 2 is 2.00 bits per heavy atom. The summed E-state index contributed by atoms with van der Waals surface area (Å²) in [5.74, 6) is -0.592. The van der Waals surface area contributed by atoms with Gasteiger partial charge in [-0.25, -0.2) is 4.98 Å². The summed E-state index contributed by atoms with van der Waals surface area (Å²) >= 11 is 1.48. The number of carbonyl (C=O) groups is 2. The molecular formula is C18H22N3O6PS. The summed E-state index contributed by atoms with van der Waals surface area (Å²) in [6.07, 6.45) is 0.258. The van der Waals surface area contributed by atoms with Crippen molar-refractivity contribution in [1.29, 1.82) is 0 Å². The van der Waals surface area contributed by atoms with Crippen molar-refractivity contribution in [2.75, 3.05) is 26.1 Å². The number of nitrogens with two attached hydrogens (primary N) is 1. The van der Waals surface area contributed by atoms with E-state index in [0.29, 0.717) is 23.3 Å². The Morgan fingerprint density at radius 3 is 2.66 bits per heavy atom. The second-order valence-corrected chi connectivity index (χ2v) is 9.07. The highest BCUT2D eigenvalue weighted by molar-refractivity contribution is 7.53. The monoisotopic (exact) mass is 439 g/mol. The molecule has 0 bridgehead atoms. The van der Waals surface area contributed by atoms with Gasteiger partial charge in [0.05, 0.1) is 31.0 Å². The first-order chi connectivity index (χ1) is 13.9. The maximum absolute atomic E-state index is 12.7. The van der Waals surface area contributed by atoms with E-state index in [1.165, 1.54) is 11.3 Å². The Bertz CT molecular complexity index is 967. The Balaban J connectivity index is 1.92. The van der Waals surface area contributed by atoms with E-state index in [4.69, 9.17) is 19.5 Å². The molecule has 11 heteroatoms. The van der Waals surface area contributed by atoms with Gasteiger partial charge in [0.2, 0.25) is 5.91 Å². The van der Waals surface area contributed by atoms with Crippen LogP contribution in [0.1, 0.15) is 34.6 Å². The molecule has 0 saturated carbocycles. The van der Waals surface area contributed by atoms with Gasteiger partial charge < -0.3 is 24.8 Å². The number of aromatic nitrogens is 1. The third-order valence-electron chi connectivity index (χ3n) is 4.19. The largest absolute Gasteiger partial charge is 0.480 e. The highest BCUT2D eigenvalue weighted by atomic mass is 32.1. The van der Waals surface area contributed by atoms with Crippen LogP contribution in [0, 0.1) is 0 Å². The van der Waals surface area contributed by atoms with Crippen molar-refractivity contribution < 1.29 is 27.9 Å². The van der Waals surface area contributed by atoms with E-state index in [1.54, 1.807) is 31.5 Å². The van der Waals surface area contributed by atoms with Crippen molar-refractivity contribution >= 4 is 30.7 Å². The molecule has 0 unspecified atom stereocenters. The van der Waals surface area contributed by atoms with E-state index < -0.39 is 19.4 Å². The molecule has 2 aromatic rings. The van der Waals surface area contributed by atoms with Gasteiger partial charge in [0.1, 0.15) is 5.75 Å². The molecule has 1 aromatic carbocycles. The van der Waals surface area contributed by atoms with E-state index in [0.717, 1.165) is 16.1 Å². The molecule has 0 radical (unpaired) electrons. The normalized spacial score (nSPS) is 12.3. The molecule has 29 heavy (non-hydrogen) atoms. The average Bonchev–Trinajstić information content (AvgIpc) is 3.26. The molecule has 2 amide bonds. The zero-order valence-electron chi connectivity index (χ0n) is 16.1. The minimum absolute atomic E-state index is 0.230. The lowest BCUT2D eigenvalue weighted by Gasteiger charge is -2.19. The number of nitrogens with one attached hydrogen (secondary N) is 1. The van der Waals surface area contributed by atoms with Gasteiger partial charge in [0.25, 0.3) is 5.91 Å². The summed E-state index contributed by atoms with van der Waals surface area (Å²) in [5.41, 5.74) is 9.38. The summed E-state index contributed by atoms with van der Waals surface area (Å²) in [7, 11) is -3.40. The number of thiazole rings is 1. The van der Waals surface area contributed by atoms with Crippen LogP contribution in [0.4, 0.5) is 0 Å². The predicted octanol–water partition coefficient (Wildman–Crippen LogP) is 2.53. The standard InChI is InChI=1S/C18H22N3O6PS/c1-3-26-28(24,27-4-2)10-25-13-6-5-11(18(23)20-8-15(19)22)12-7-14-17(16(12)13)21-9-29-14/h5-6,9H,3-4,7-8,10H2,1-2H3,(H2,19,22)(H,20,23). The van der Waals surface area contributed by atoms with Gasteiger partial charge in [-0.05, 0) is 31.5 Å². The average molecular weight is 439 g/mol. The van der Waals surface area contributed by atoms with E-state index in [2.05, 4.69) is 10.3 Å². The molecule has 0 fully saturated rings. The Kier molecular flexibility index (Phi) is 6.69. The lowest BCUT2D eigenvalue weighted by molar-refractivity contribution is -0.117. The lowest BCUT2D eigenvalue weighted by atomic mass is 10.0. The van der Waals surface area contributed by atoms with Crippen LogP contribution in [0.2, 0.25) is 0 Å². The molecule has 3 N–H and O–H groups in total. The SMILES string of the molecule is CCOP(=O)(COc1ccc(C(=O)NCC(N)=O)c2c1-c1ncsc1C2)OCC. The van der Waals surface area contributed by atoms with Crippen molar-refractivity contribution in [2.45, 2.75) is 20.3 Å². The summed E-state index contributed by atoms with van der Waals surface area (Å²) in [4.78, 5) is 28.9. The van der Waals surface area contributed by atoms with Gasteiger partial charge in [0, 0.05) is 22.4 Å². The fourth-order valence-electron chi connectivity index (χ4n) is 3.08. The number of rotatable bonds is 10. The topological polar surface area (TPSA) is 130 Å². The smallest absolute Gasteiger partial charge is 0.367 e. The number of fused-ring (bicyclic) bond motifs is 3. The third-order valence-corrected chi connectivity index (χ3v) is 6.77. The number of ether oxygens (including phenoxy) is 1. The second-order valence-electron chi connectivity index (χ2n) is 6.13. The number of carbonyl (C=O) groups excluding carboxylic acids is 2. The lowest BCUT2D eigenvalue weighted by Crippen LogP contribution is -2.33. The van der Waals surface area contributed by atoms with Crippen molar-refractivity contribution in [1.82, 2.24) is 10.3 Å². The van der Waals surface area contributed by atoms with Gasteiger partial charge >= 0.3 is 7.60 Å². The first-order valence-corrected chi connectivity index (χ1v) is 11.6. The Labute approximate surface area is 172 Å². The Morgan fingerprint density at radius 1 is 1.28 bits per heavy atom.